The molecule has 1 fully saturated rings. The van der Waals surface area contributed by atoms with Gasteiger partial charge in [-0.3, -0.25) is 9.78 Å². The van der Waals surface area contributed by atoms with Crippen molar-refractivity contribution in [3.8, 4) is 11.8 Å². The predicted octanol–water partition coefficient (Wildman–Crippen LogP) is 5.16. The minimum Gasteiger partial charge on any atom is -0.494 e. The quantitative estimate of drug-likeness (QED) is 0.268. The van der Waals surface area contributed by atoms with E-state index in [9.17, 15) is 18.5 Å². The van der Waals surface area contributed by atoms with Gasteiger partial charge in [0.05, 0.1) is 28.7 Å². The van der Waals surface area contributed by atoms with Crippen molar-refractivity contribution in [2.45, 2.75) is 43.3 Å². The molecule has 1 aliphatic rings. The fourth-order valence-corrected chi connectivity index (χ4v) is 6.11. The Kier molecular flexibility index (Phi) is 8.15. The monoisotopic (exact) mass is 566 g/mol. The third kappa shape index (κ3) is 6.46. The van der Waals surface area contributed by atoms with E-state index >= 15 is 0 Å². The summed E-state index contributed by atoms with van der Waals surface area (Å²) in [6.07, 6.45) is 4.90. The van der Waals surface area contributed by atoms with Crippen LogP contribution in [0.3, 0.4) is 0 Å². The largest absolute Gasteiger partial charge is 0.494 e. The second-order valence-electron chi connectivity index (χ2n) is 9.96. The average molecular weight is 567 g/mol. The van der Waals surface area contributed by atoms with Crippen LogP contribution in [0.2, 0.25) is 0 Å². The SMILES string of the molecule is CCOc1ccc(S(=O)(=O)N(Cc2ccc(C(=O)NC3(c4cccc(C#N)c4)CC3)cc2)Cc2cccnc2)cc1. The first-order valence-corrected chi connectivity index (χ1v) is 14.8. The van der Waals surface area contributed by atoms with Gasteiger partial charge in [0, 0.05) is 31.0 Å². The zero-order valence-corrected chi connectivity index (χ0v) is 23.5. The lowest BCUT2D eigenvalue weighted by Crippen LogP contribution is -2.35. The van der Waals surface area contributed by atoms with Crippen molar-refractivity contribution in [3.05, 3.63) is 125 Å². The van der Waals surface area contributed by atoms with Crippen molar-refractivity contribution in [3.63, 3.8) is 0 Å². The summed E-state index contributed by atoms with van der Waals surface area (Å²) in [4.78, 5) is 17.4. The molecule has 41 heavy (non-hydrogen) atoms. The van der Waals surface area contributed by atoms with Crippen LogP contribution < -0.4 is 10.1 Å². The average Bonchev–Trinajstić information content (AvgIpc) is 3.78. The summed E-state index contributed by atoms with van der Waals surface area (Å²) in [7, 11) is -3.86. The van der Waals surface area contributed by atoms with Gasteiger partial charge >= 0.3 is 0 Å². The summed E-state index contributed by atoms with van der Waals surface area (Å²) >= 11 is 0. The minimum atomic E-state index is -3.86. The lowest BCUT2D eigenvalue weighted by Gasteiger charge is -2.23. The molecular formula is C32H30N4O4S. The van der Waals surface area contributed by atoms with E-state index in [1.807, 2.05) is 31.2 Å². The Bertz CT molecular complexity index is 1660. The molecule has 208 valence electrons. The van der Waals surface area contributed by atoms with Crippen molar-refractivity contribution >= 4 is 15.9 Å². The molecule has 1 amide bonds. The molecule has 1 heterocycles. The molecule has 1 saturated carbocycles. The zero-order valence-electron chi connectivity index (χ0n) is 22.7. The highest BCUT2D eigenvalue weighted by Gasteiger charge is 2.45. The molecule has 0 atom stereocenters. The number of carbonyl (C=O) groups excluding carboxylic acids is 1. The van der Waals surface area contributed by atoms with E-state index in [0.29, 0.717) is 23.5 Å². The van der Waals surface area contributed by atoms with Crippen LogP contribution in [0.1, 0.15) is 52.4 Å². The van der Waals surface area contributed by atoms with Gasteiger partial charge in [-0.15, -0.1) is 0 Å². The van der Waals surface area contributed by atoms with Crippen molar-refractivity contribution in [2.24, 2.45) is 0 Å². The van der Waals surface area contributed by atoms with Gasteiger partial charge in [0.2, 0.25) is 10.0 Å². The number of sulfonamides is 1. The highest BCUT2D eigenvalue weighted by Crippen LogP contribution is 2.45. The number of rotatable bonds is 11. The third-order valence-corrected chi connectivity index (χ3v) is 8.88. The van der Waals surface area contributed by atoms with Crippen molar-refractivity contribution < 1.29 is 17.9 Å². The van der Waals surface area contributed by atoms with E-state index in [1.54, 1.807) is 73.1 Å². The summed E-state index contributed by atoms with van der Waals surface area (Å²) in [6.45, 7) is 2.60. The Balaban J connectivity index is 1.34. The third-order valence-electron chi connectivity index (χ3n) is 7.08. The molecule has 0 saturated heterocycles. The van der Waals surface area contributed by atoms with Gasteiger partial charge < -0.3 is 10.1 Å². The predicted molar refractivity (Wildman–Crippen MR) is 154 cm³/mol. The van der Waals surface area contributed by atoms with Gasteiger partial charge in [-0.2, -0.15) is 9.57 Å². The topological polar surface area (TPSA) is 112 Å². The van der Waals surface area contributed by atoms with E-state index in [4.69, 9.17) is 4.74 Å². The number of aromatic nitrogens is 1. The lowest BCUT2D eigenvalue weighted by molar-refractivity contribution is 0.0930. The summed E-state index contributed by atoms with van der Waals surface area (Å²) in [5, 5.41) is 12.4. The lowest BCUT2D eigenvalue weighted by atomic mass is 10.0. The molecule has 1 aromatic heterocycles. The minimum absolute atomic E-state index is 0.108. The number of hydrogen-bond donors (Lipinski definition) is 1. The first-order chi connectivity index (χ1) is 19.8. The first kappa shape index (κ1) is 28.0. The number of nitriles is 1. The van der Waals surface area contributed by atoms with Gasteiger partial charge in [0.25, 0.3) is 5.91 Å². The number of ether oxygens (including phenoxy) is 1. The number of pyridine rings is 1. The van der Waals surface area contributed by atoms with Gasteiger partial charge in [-0.25, -0.2) is 8.42 Å². The molecule has 5 rings (SSSR count). The van der Waals surface area contributed by atoms with Crippen LogP contribution in [0.4, 0.5) is 0 Å². The summed E-state index contributed by atoms with van der Waals surface area (Å²) in [5.74, 6) is 0.385. The summed E-state index contributed by atoms with van der Waals surface area (Å²) in [5.41, 5.74) is 2.99. The van der Waals surface area contributed by atoms with Gasteiger partial charge in [-0.05, 0) is 91.1 Å². The number of benzene rings is 3. The van der Waals surface area contributed by atoms with Gasteiger partial charge in [0.1, 0.15) is 5.75 Å². The Hall–Kier alpha value is -4.52. The van der Waals surface area contributed by atoms with E-state index in [1.165, 1.54) is 4.31 Å². The van der Waals surface area contributed by atoms with Gasteiger partial charge in [0.15, 0.2) is 0 Å². The van der Waals surface area contributed by atoms with Crippen LogP contribution in [0, 0.1) is 11.3 Å². The molecule has 0 spiro atoms. The summed E-state index contributed by atoms with van der Waals surface area (Å²) < 4.78 is 34.3. The maximum Gasteiger partial charge on any atom is 0.251 e. The normalized spacial score (nSPS) is 13.8. The van der Waals surface area contributed by atoms with Crippen molar-refractivity contribution in [2.75, 3.05) is 6.61 Å². The summed E-state index contributed by atoms with van der Waals surface area (Å²) in [6, 6.07) is 26.4. The Labute approximate surface area is 240 Å². The smallest absolute Gasteiger partial charge is 0.251 e. The zero-order chi connectivity index (χ0) is 28.9. The van der Waals surface area contributed by atoms with E-state index < -0.39 is 15.6 Å². The Morgan fingerprint density at radius 2 is 1.73 bits per heavy atom. The molecule has 1 N–H and O–H groups in total. The Morgan fingerprint density at radius 1 is 1.00 bits per heavy atom. The molecule has 0 unspecified atom stereocenters. The van der Waals surface area contributed by atoms with E-state index in [2.05, 4.69) is 16.4 Å². The molecule has 1 aliphatic carbocycles. The highest BCUT2D eigenvalue weighted by atomic mass is 32.2. The second-order valence-corrected chi connectivity index (χ2v) is 11.9. The maximum atomic E-state index is 13.7. The number of hydrogen-bond acceptors (Lipinski definition) is 6. The number of carbonyl (C=O) groups is 1. The van der Waals surface area contributed by atoms with E-state index in [-0.39, 0.29) is 23.9 Å². The van der Waals surface area contributed by atoms with Crippen LogP contribution in [0.5, 0.6) is 5.75 Å². The van der Waals surface area contributed by atoms with Gasteiger partial charge in [-0.1, -0.05) is 30.3 Å². The fourth-order valence-electron chi connectivity index (χ4n) is 4.70. The standard InChI is InChI=1S/C32H30N4O4S/c1-2-40-29-12-14-30(15-13-29)41(38,39)36(23-26-6-4-18-34-21-26)22-24-8-10-27(11-9-24)31(37)35-32(16-17-32)28-7-3-5-25(19-28)20-33/h3-15,18-19,21H,2,16-17,22-23H2,1H3,(H,35,37). The van der Waals surface area contributed by atoms with E-state index in [0.717, 1.165) is 29.5 Å². The molecule has 4 aromatic rings. The molecule has 8 nitrogen and oxygen atoms in total. The second kappa shape index (κ2) is 11.9. The van der Waals surface area contributed by atoms with Crippen LogP contribution >= 0.6 is 0 Å². The highest BCUT2D eigenvalue weighted by molar-refractivity contribution is 7.89. The molecule has 0 bridgehead atoms. The molecular weight excluding hydrogens is 536 g/mol. The van der Waals surface area contributed by atoms with Crippen molar-refractivity contribution in [1.29, 1.82) is 5.26 Å². The van der Waals surface area contributed by atoms with Crippen LogP contribution in [-0.2, 0) is 28.7 Å². The number of amides is 1. The molecule has 0 radical (unpaired) electrons. The Morgan fingerprint density at radius 3 is 2.37 bits per heavy atom. The van der Waals surface area contributed by atoms with Crippen LogP contribution in [0.15, 0.2) is 102 Å². The number of nitrogens with one attached hydrogen (secondary N) is 1. The molecule has 9 heteroatoms. The first-order valence-electron chi connectivity index (χ1n) is 13.4. The molecule has 0 aliphatic heterocycles. The number of nitrogens with zero attached hydrogens (tertiary/aromatic N) is 3. The fraction of sp³-hybridized carbons (Fsp3) is 0.219. The van der Waals surface area contributed by atoms with Crippen LogP contribution in [-0.4, -0.2) is 30.2 Å². The van der Waals surface area contributed by atoms with Crippen LogP contribution in [0.25, 0.3) is 0 Å². The molecule has 3 aromatic carbocycles. The van der Waals surface area contributed by atoms with Crippen molar-refractivity contribution in [1.82, 2.24) is 14.6 Å². The maximum absolute atomic E-state index is 13.7.